The first kappa shape index (κ1) is 12.8. The van der Waals surface area contributed by atoms with Gasteiger partial charge in [-0.1, -0.05) is 0 Å². The Balaban J connectivity index is 1.86. The predicted octanol–water partition coefficient (Wildman–Crippen LogP) is 1.37. The third-order valence-corrected chi connectivity index (χ3v) is 3.85. The summed E-state index contributed by atoms with van der Waals surface area (Å²) in [5.41, 5.74) is -1.14. The van der Waals surface area contributed by atoms with Gasteiger partial charge in [0.15, 0.2) is 0 Å². The normalized spacial score (nSPS) is 34.2. The van der Waals surface area contributed by atoms with Crippen molar-refractivity contribution in [1.82, 2.24) is 10.2 Å². The van der Waals surface area contributed by atoms with E-state index in [2.05, 4.69) is 11.2 Å². The molecule has 0 bridgehead atoms. The summed E-state index contributed by atoms with van der Waals surface area (Å²) >= 11 is 0. The number of nitrogens with zero attached hydrogens (tertiary/aromatic N) is 1. The van der Waals surface area contributed by atoms with Gasteiger partial charge in [-0.05, 0) is 38.9 Å². The van der Waals surface area contributed by atoms with Crippen LogP contribution in [0.5, 0.6) is 0 Å². The maximum Gasteiger partial charge on any atom is 0.126 e. The molecule has 0 spiro atoms. The van der Waals surface area contributed by atoms with E-state index in [0.29, 0.717) is 32.4 Å². The monoisotopic (exact) mass is 242 g/mol. The molecule has 0 amide bonds. The first-order valence-corrected chi connectivity index (χ1v) is 6.35. The van der Waals surface area contributed by atoms with Crippen LogP contribution in [-0.2, 0) is 0 Å². The Labute approximate surface area is 102 Å². The van der Waals surface area contributed by atoms with Crippen molar-refractivity contribution < 1.29 is 8.78 Å². The highest BCUT2D eigenvalue weighted by atomic mass is 19.1. The molecule has 0 aromatic heterocycles. The van der Waals surface area contributed by atoms with E-state index in [4.69, 9.17) is 6.42 Å². The second-order valence-electron chi connectivity index (χ2n) is 5.21. The lowest BCUT2D eigenvalue weighted by atomic mass is 9.91. The van der Waals surface area contributed by atoms with Gasteiger partial charge in [0, 0.05) is 13.1 Å². The molecule has 0 aromatic carbocycles. The lowest BCUT2D eigenvalue weighted by Crippen LogP contribution is -2.51. The highest BCUT2D eigenvalue weighted by Gasteiger charge is 2.36. The fourth-order valence-electron chi connectivity index (χ4n) is 2.73. The molecule has 4 heteroatoms. The number of hydrogen-bond donors (Lipinski definition) is 1. The van der Waals surface area contributed by atoms with Crippen LogP contribution < -0.4 is 5.32 Å². The number of terminal acetylenes is 1. The molecule has 2 fully saturated rings. The van der Waals surface area contributed by atoms with E-state index in [1.807, 2.05) is 4.90 Å². The number of piperidine rings is 2. The van der Waals surface area contributed by atoms with Crippen LogP contribution in [0.4, 0.5) is 8.78 Å². The summed E-state index contributed by atoms with van der Waals surface area (Å²) in [4.78, 5) is 1.89. The number of alkyl halides is 2. The lowest BCUT2D eigenvalue weighted by Gasteiger charge is -2.39. The van der Waals surface area contributed by atoms with Crippen LogP contribution in [0.3, 0.4) is 0 Å². The fourth-order valence-corrected chi connectivity index (χ4v) is 2.73. The van der Waals surface area contributed by atoms with Crippen LogP contribution in [-0.4, -0.2) is 49.5 Å². The average molecular weight is 242 g/mol. The van der Waals surface area contributed by atoms with Crippen LogP contribution >= 0.6 is 0 Å². The lowest BCUT2D eigenvalue weighted by molar-refractivity contribution is 0.0271. The third kappa shape index (κ3) is 3.17. The largest absolute Gasteiger partial charge is 0.316 e. The Morgan fingerprint density at radius 1 is 1.41 bits per heavy atom. The minimum atomic E-state index is -1.14. The van der Waals surface area contributed by atoms with Gasteiger partial charge in [0.05, 0.1) is 5.92 Å². The number of hydrogen-bond acceptors (Lipinski definition) is 2. The van der Waals surface area contributed by atoms with Gasteiger partial charge >= 0.3 is 0 Å². The maximum absolute atomic E-state index is 14.4. The van der Waals surface area contributed by atoms with Crippen molar-refractivity contribution >= 4 is 0 Å². The van der Waals surface area contributed by atoms with Crippen LogP contribution in [0.2, 0.25) is 0 Å². The summed E-state index contributed by atoms with van der Waals surface area (Å²) in [6, 6.07) is 0. The summed E-state index contributed by atoms with van der Waals surface area (Å²) in [7, 11) is 0. The Morgan fingerprint density at radius 2 is 2.12 bits per heavy atom. The van der Waals surface area contributed by atoms with E-state index in [1.165, 1.54) is 0 Å². The fraction of sp³-hybridized carbons (Fsp3) is 0.846. The SMILES string of the molecule is C#C[C@@H]1CCN(CC2(F)CCNCC2)C[C@@H]1F. The van der Waals surface area contributed by atoms with Gasteiger partial charge in [0.1, 0.15) is 11.8 Å². The Morgan fingerprint density at radius 3 is 2.71 bits per heavy atom. The van der Waals surface area contributed by atoms with Crippen molar-refractivity contribution in [2.45, 2.75) is 31.1 Å². The van der Waals surface area contributed by atoms with Gasteiger partial charge < -0.3 is 5.32 Å². The third-order valence-electron chi connectivity index (χ3n) is 3.85. The van der Waals surface area contributed by atoms with Crippen molar-refractivity contribution in [2.75, 3.05) is 32.7 Å². The molecule has 1 N–H and O–H groups in total. The summed E-state index contributed by atoms with van der Waals surface area (Å²) in [6.07, 6.45) is 5.96. The van der Waals surface area contributed by atoms with Crippen molar-refractivity contribution in [2.24, 2.45) is 5.92 Å². The van der Waals surface area contributed by atoms with Crippen molar-refractivity contribution in [3.05, 3.63) is 0 Å². The predicted molar refractivity (Wildman–Crippen MR) is 64.2 cm³/mol. The first-order chi connectivity index (χ1) is 8.13. The molecule has 2 aliphatic heterocycles. The van der Waals surface area contributed by atoms with Gasteiger partial charge in [-0.2, -0.15) is 0 Å². The maximum atomic E-state index is 14.4. The number of likely N-dealkylation sites (tertiary alicyclic amines) is 1. The molecular formula is C13H20F2N2. The zero-order valence-electron chi connectivity index (χ0n) is 10.1. The van der Waals surface area contributed by atoms with E-state index >= 15 is 0 Å². The number of nitrogens with one attached hydrogen (secondary N) is 1. The van der Waals surface area contributed by atoms with E-state index in [1.54, 1.807) is 0 Å². The quantitative estimate of drug-likeness (QED) is 0.736. The molecular weight excluding hydrogens is 222 g/mol. The molecule has 17 heavy (non-hydrogen) atoms. The summed E-state index contributed by atoms with van der Waals surface area (Å²) in [6.45, 7) is 2.79. The molecule has 2 atom stereocenters. The Bertz CT molecular complexity index is 294. The molecule has 2 aliphatic rings. The molecule has 0 radical (unpaired) electrons. The summed E-state index contributed by atoms with van der Waals surface area (Å²) < 4.78 is 28.1. The van der Waals surface area contributed by atoms with Crippen LogP contribution in [0.15, 0.2) is 0 Å². The second-order valence-corrected chi connectivity index (χ2v) is 5.21. The Kier molecular flexibility index (Phi) is 4.01. The van der Waals surface area contributed by atoms with E-state index in [-0.39, 0.29) is 12.5 Å². The van der Waals surface area contributed by atoms with Gasteiger partial charge in [-0.15, -0.1) is 12.3 Å². The van der Waals surface area contributed by atoms with Gasteiger partial charge in [0.2, 0.25) is 0 Å². The van der Waals surface area contributed by atoms with Crippen LogP contribution in [0.1, 0.15) is 19.3 Å². The highest BCUT2D eigenvalue weighted by Crippen LogP contribution is 2.27. The molecule has 2 saturated heterocycles. The molecule has 2 heterocycles. The molecule has 0 aromatic rings. The zero-order chi connectivity index (χ0) is 12.3. The standard InChI is InChI=1S/C13H20F2N2/c1-2-11-3-8-17(9-12(11)14)10-13(15)4-6-16-7-5-13/h1,11-12,16H,3-10H2/t11-,12+/m1/s1. The van der Waals surface area contributed by atoms with Gasteiger partial charge in [-0.3, -0.25) is 4.90 Å². The Hall–Kier alpha value is -0.660. The molecule has 0 saturated carbocycles. The van der Waals surface area contributed by atoms with E-state index in [0.717, 1.165) is 13.1 Å². The molecule has 2 rings (SSSR count). The highest BCUT2D eigenvalue weighted by molar-refractivity contribution is 5.01. The van der Waals surface area contributed by atoms with Gasteiger partial charge in [0.25, 0.3) is 0 Å². The molecule has 2 nitrogen and oxygen atoms in total. The molecule has 0 unspecified atom stereocenters. The topological polar surface area (TPSA) is 15.3 Å². The zero-order valence-corrected chi connectivity index (χ0v) is 10.1. The van der Waals surface area contributed by atoms with Crippen molar-refractivity contribution in [3.63, 3.8) is 0 Å². The smallest absolute Gasteiger partial charge is 0.126 e. The molecule has 0 aliphatic carbocycles. The average Bonchev–Trinajstić information content (AvgIpc) is 2.29. The second kappa shape index (κ2) is 5.32. The summed E-state index contributed by atoms with van der Waals surface area (Å²) in [5, 5.41) is 3.14. The molecule has 96 valence electrons. The van der Waals surface area contributed by atoms with Crippen molar-refractivity contribution in [3.8, 4) is 12.3 Å². The minimum absolute atomic E-state index is 0.283. The van der Waals surface area contributed by atoms with E-state index in [9.17, 15) is 8.78 Å². The van der Waals surface area contributed by atoms with Crippen molar-refractivity contribution in [1.29, 1.82) is 0 Å². The van der Waals surface area contributed by atoms with Crippen LogP contribution in [0.25, 0.3) is 0 Å². The number of rotatable bonds is 2. The van der Waals surface area contributed by atoms with Gasteiger partial charge in [-0.25, -0.2) is 8.78 Å². The minimum Gasteiger partial charge on any atom is -0.316 e. The van der Waals surface area contributed by atoms with Crippen LogP contribution in [0, 0.1) is 18.3 Å². The summed E-state index contributed by atoms with van der Waals surface area (Å²) in [5.74, 6) is 2.20. The first-order valence-electron chi connectivity index (χ1n) is 6.35. The number of halogens is 2. The van der Waals surface area contributed by atoms with E-state index < -0.39 is 11.8 Å².